The molecule has 2 heterocycles. The molecular weight excluding hydrogens is 344 g/mol. The number of carbonyl (C=O) groups is 1. The van der Waals surface area contributed by atoms with Crippen LogP contribution >= 0.6 is 27.3 Å². The Hall–Kier alpha value is -1.27. The zero-order valence-corrected chi connectivity index (χ0v) is 13.8. The second kappa shape index (κ2) is 5.61. The normalized spacial score (nSPS) is 11.6. The lowest BCUT2D eigenvalue weighted by molar-refractivity contribution is 0.0697. The van der Waals surface area contributed by atoms with E-state index in [0.29, 0.717) is 16.2 Å². The van der Waals surface area contributed by atoms with Gasteiger partial charge in [-0.3, -0.25) is 0 Å². The quantitative estimate of drug-likeness (QED) is 0.861. The van der Waals surface area contributed by atoms with Crippen molar-refractivity contribution in [2.24, 2.45) is 0 Å². The fourth-order valence-corrected chi connectivity index (χ4v) is 2.92. The first-order chi connectivity index (χ1) is 9.27. The summed E-state index contributed by atoms with van der Waals surface area (Å²) in [5.74, 6) is 0.0535. The smallest absolute Gasteiger partial charge is 0.349 e. The van der Waals surface area contributed by atoms with Crippen molar-refractivity contribution in [3.05, 3.63) is 38.4 Å². The van der Waals surface area contributed by atoms with Gasteiger partial charge in [-0.15, -0.1) is 11.3 Å². The van der Waals surface area contributed by atoms with Crippen LogP contribution in [-0.2, 0) is 12.0 Å². The molecule has 6 heteroatoms. The van der Waals surface area contributed by atoms with E-state index in [1.54, 1.807) is 18.2 Å². The molecule has 0 saturated heterocycles. The minimum absolute atomic E-state index is 0.107. The first-order valence-corrected chi connectivity index (χ1v) is 7.63. The van der Waals surface area contributed by atoms with Gasteiger partial charge in [-0.05, 0) is 39.5 Å². The zero-order chi connectivity index (χ0) is 14.9. The van der Waals surface area contributed by atoms with Gasteiger partial charge in [0.2, 0.25) is 0 Å². The molecule has 0 fully saturated rings. The van der Waals surface area contributed by atoms with Gasteiger partial charge in [-0.2, -0.15) is 0 Å². The highest BCUT2D eigenvalue weighted by atomic mass is 79.9. The molecule has 0 atom stereocenters. The van der Waals surface area contributed by atoms with Crippen LogP contribution in [-0.4, -0.2) is 11.1 Å². The van der Waals surface area contributed by atoms with Crippen LogP contribution in [0, 0.1) is 0 Å². The van der Waals surface area contributed by atoms with Gasteiger partial charge in [0.1, 0.15) is 18.1 Å². The van der Waals surface area contributed by atoms with Gasteiger partial charge in [0, 0.05) is 4.88 Å². The lowest BCUT2D eigenvalue weighted by atomic mass is 9.95. The van der Waals surface area contributed by atoms with Crippen molar-refractivity contribution in [1.29, 1.82) is 0 Å². The van der Waals surface area contributed by atoms with Crippen molar-refractivity contribution < 1.29 is 19.1 Å². The third kappa shape index (κ3) is 3.43. The summed E-state index contributed by atoms with van der Waals surface area (Å²) in [6.07, 6.45) is 0. The van der Waals surface area contributed by atoms with Gasteiger partial charge >= 0.3 is 5.97 Å². The summed E-state index contributed by atoms with van der Waals surface area (Å²) in [5.41, 5.74) is -0.107. The Labute approximate surface area is 129 Å². The molecule has 2 rings (SSSR count). The summed E-state index contributed by atoms with van der Waals surface area (Å²) >= 11 is 4.46. The molecule has 0 aliphatic carbocycles. The lowest BCUT2D eigenvalue weighted by Crippen LogP contribution is -2.08. The molecule has 0 unspecified atom stereocenters. The molecule has 1 N–H and O–H groups in total. The summed E-state index contributed by atoms with van der Waals surface area (Å²) < 4.78 is 11.5. The molecule has 2 aromatic heterocycles. The van der Waals surface area contributed by atoms with Crippen LogP contribution in [0.2, 0.25) is 0 Å². The van der Waals surface area contributed by atoms with Crippen LogP contribution < -0.4 is 4.74 Å². The summed E-state index contributed by atoms with van der Waals surface area (Å²) in [6, 6.07) is 5.35. The highest BCUT2D eigenvalue weighted by Crippen LogP contribution is 2.37. The van der Waals surface area contributed by atoms with Crippen molar-refractivity contribution in [2.45, 2.75) is 32.8 Å². The number of halogens is 1. The van der Waals surface area contributed by atoms with E-state index in [2.05, 4.69) is 15.9 Å². The van der Waals surface area contributed by atoms with E-state index in [4.69, 9.17) is 9.15 Å². The van der Waals surface area contributed by atoms with E-state index in [-0.39, 0.29) is 16.9 Å². The minimum atomic E-state index is -0.971. The predicted molar refractivity (Wildman–Crippen MR) is 80.7 cm³/mol. The Morgan fingerprint density at radius 3 is 2.65 bits per heavy atom. The van der Waals surface area contributed by atoms with Gasteiger partial charge in [-0.25, -0.2) is 4.79 Å². The number of furan rings is 1. The first-order valence-electron chi connectivity index (χ1n) is 6.02. The molecule has 0 aliphatic rings. The molecular formula is C14H15BrO4S. The van der Waals surface area contributed by atoms with Crippen LogP contribution in [0.5, 0.6) is 5.75 Å². The summed E-state index contributed by atoms with van der Waals surface area (Å²) in [4.78, 5) is 12.5. The molecule has 2 aromatic rings. The molecule has 0 aromatic carbocycles. The van der Waals surface area contributed by atoms with E-state index < -0.39 is 5.97 Å². The summed E-state index contributed by atoms with van der Waals surface area (Å²) in [6.45, 7) is 6.32. The van der Waals surface area contributed by atoms with Gasteiger partial charge in [0.05, 0.1) is 0 Å². The third-order valence-corrected chi connectivity index (χ3v) is 4.59. The van der Waals surface area contributed by atoms with E-state index in [9.17, 15) is 9.90 Å². The van der Waals surface area contributed by atoms with Gasteiger partial charge in [0.15, 0.2) is 9.55 Å². The monoisotopic (exact) mass is 358 g/mol. The summed E-state index contributed by atoms with van der Waals surface area (Å²) in [7, 11) is 0. The molecule has 0 aliphatic heterocycles. The average molecular weight is 359 g/mol. The minimum Gasteiger partial charge on any atom is -0.484 e. The maximum absolute atomic E-state index is 11.3. The Morgan fingerprint density at radius 1 is 1.45 bits per heavy atom. The number of thiophene rings is 1. The van der Waals surface area contributed by atoms with Crippen molar-refractivity contribution in [3.63, 3.8) is 0 Å². The predicted octanol–water partition coefficient (Wildman–Crippen LogP) is 4.68. The van der Waals surface area contributed by atoms with Crippen LogP contribution in [0.4, 0.5) is 0 Å². The van der Waals surface area contributed by atoms with E-state index in [0.717, 1.165) is 4.88 Å². The number of rotatable bonds is 4. The average Bonchev–Trinajstić information content (AvgIpc) is 2.91. The Balaban J connectivity index is 2.21. The Morgan fingerprint density at radius 2 is 2.15 bits per heavy atom. The number of hydrogen-bond acceptors (Lipinski definition) is 4. The Bertz CT molecular complexity index is 621. The maximum atomic E-state index is 11.3. The second-order valence-corrected chi connectivity index (χ2v) is 7.19. The molecule has 0 amide bonds. The van der Waals surface area contributed by atoms with Gasteiger partial charge in [-0.1, -0.05) is 20.8 Å². The third-order valence-electron chi connectivity index (χ3n) is 2.63. The molecule has 0 bridgehead atoms. The van der Waals surface area contributed by atoms with Crippen molar-refractivity contribution in [2.75, 3.05) is 0 Å². The summed E-state index contributed by atoms with van der Waals surface area (Å²) in [5, 5.41) is 9.25. The highest BCUT2D eigenvalue weighted by molar-refractivity contribution is 9.10. The van der Waals surface area contributed by atoms with Gasteiger partial charge < -0.3 is 14.3 Å². The zero-order valence-electron chi connectivity index (χ0n) is 11.4. The van der Waals surface area contributed by atoms with Gasteiger partial charge in [0.25, 0.3) is 0 Å². The fourth-order valence-electron chi connectivity index (χ4n) is 1.58. The standard InChI is InChI=1S/C14H15BrO4S/c1-14(2,3)10-6-9(12(20-10)13(16)17)18-7-8-4-5-11(15)19-8/h4-6H,7H2,1-3H3,(H,16,17). The Kier molecular flexibility index (Phi) is 4.25. The molecule has 0 saturated carbocycles. The number of aromatic carboxylic acids is 1. The van der Waals surface area contributed by atoms with Crippen LogP contribution in [0.3, 0.4) is 0 Å². The first kappa shape index (κ1) is 15.1. The number of carboxylic acid groups (broad SMARTS) is 1. The molecule has 0 spiro atoms. The molecule has 4 nitrogen and oxygen atoms in total. The lowest BCUT2D eigenvalue weighted by Gasteiger charge is -2.14. The highest BCUT2D eigenvalue weighted by Gasteiger charge is 2.23. The molecule has 20 heavy (non-hydrogen) atoms. The topological polar surface area (TPSA) is 59.7 Å². The number of carboxylic acids is 1. The molecule has 0 radical (unpaired) electrons. The number of ether oxygens (including phenoxy) is 1. The maximum Gasteiger partial charge on any atom is 0.349 e. The fraction of sp³-hybridized carbons (Fsp3) is 0.357. The van der Waals surface area contributed by atoms with E-state index in [1.807, 2.05) is 20.8 Å². The largest absolute Gasteiger partial charge is 0.484 e. The van der Waals surface area contributed by atoms with Crippen molar-refractivity contribution >= 4 is 33.2 Å². The van der Waals surface area contributed by atoms with Crippen molar-refractivity contribution in [3.8, 4) is 5.75 Å². The SMILES string of the molecule is CC(C)(C)c1cc(OCc2ccc(Br)o2)c(C(=O)O)s1. The number of hydrogen-bond donors (Lipinski definition) is 1. The van der Waals surface area contributed by atoms with E-state index >= 15 is 0 Å². The van der Waals surface area contributed by atoms with E-state index in [1.165, 1.54) is 11.3 Å². The molecule has 108 valence electrons. The van der Waals surface area contributed by atoms with Crippen molar-refractivity contribution in [1.82, 2.24) is 0 Å². The van der Waals surface area contributed by atoms with Crippen LogP contribution in [0.15, 0.2) is 27.3 Å². The van der Waals surface area contributed by atoms with Crippen LogP contribution in [0.25, 0.3) is 0 Å². The second-order valence-electron chi connectivity index (χ2n) is 5.35. The van der Waals surface area contributed by atoms with Crippen LogP contribution in [0.1, 0.15) is 41.1 Å².